The first-order valence-corrected chi connectivity index (χ1v) is 8.26. The third-order valence-corrected chi connectivity index (χ3v) is 4.72. The van der Waals surface area contributed by atoms with Crippen molar-refractivity contribution in [1.82, 2.24) is 15.3 Å². The highest BCUT2D eigenvalue weighted by Crippen LogP contribution is 2.21. The largest absolute Gasteiger partial charge is 0.311 e. The Labute approximate surface area is 126 Å². The Balaban J connectivity index is 1.50. The van der Waals surface area contributed by atoms with E-state index in [1.807, 2.05) is 29.5 Å². The number of hydrogen-bond donors (Lipinski definition) is 1. The Morgan fingerprint density at radius 2 is 2.10 bits per heavy atom. The first kappa shape index (κ1) is 13.4. The van der Waals surface area contributed by atoms with E-state index >= 15 is 0 Å². The number of thiazole rings is 1. The van der Waals surface area contributed by atoms with E-state index < -0.39 is 0 Å². The lowest BCUT2D eigenvalue weighted by Gasteiger charge is -2.00. The van der Waals surface area contributed by atoms with E-state index in [2.05, 4.69) is 38.2 Å². The van der Waals surface area contributed by atoms with Crippen LogP contribution in [0.3, 0.4) is 0 Å². The molecule has 3 heterocycles. The van der Waals surface area contributed by atoms with Crippen molar-refractivity contribution in [2.75, 3.05) is 6.54 Å². The van der Waals surface area contributed by atoms with E-state index in [0.29, 0.717) is 0 Å². The molecule has 3 aromatic rings. The van der Waals surface area contributed by atoms with Crippen LogP contribution in [0.4, 0.5) is 0 Å². The molecule has 0 aliphatic carbocycles. The lowest BCUT2D eigenvalue weighted by molar-refractivity contribution is 0.681. The van der Waals surface area contributed by atoms with Gasteiger partial charge in [0.15, 0.2) is 0 Å². The minimum atomic E-state index is 0.814. The molecular weight excluding hydrogens is 286 g/mol. The van der Waals surface area contributed by atoms with Crippen molar-refractivity contribution in [3.05, 3.63) is 57.9 Å². The summed E-state index contributed by atoms with van der Waals surface area (Å²) < 4.78 is 0. The summed E-state index contributed by atoms with van der Waals surface area (Å²) in [5.41, 5.74) is 2.03. The summed E-state index contributed by atoms with van der Waals surface area (Å²) >= 11 is 3.46. The summed E-state index contributed by atoms with van der Waals surface area (Å²) in [4.78, 5) is 10.4. The van der Waals surface area contributed by atoms with E-state index in [0.717, 1.165) is 35.9 Å². The highest BCUT2D eigenvalue weighted by Gasteiger charge is 2.05. The summed E-state index contributed by atoms with van der Waals surface area (Å²) in [6.45, 7) is 1.80. The fraction of sp³-hybridized carbons (Fsp3) is 0.200. The average molecular weight is 301 g/mol. The van der Waals surface area contributed by atoms with E-state index in [4.69, 9.17) is 0 Å². The van der Waals surface area contributed by atoms with Crippen LogP contribution in [0, 0.1) is 0 Å². The molecule has 102 valence electrons. The second-order valence-electron chi connectivity index (χ2n) is 4.37. The summed E-state index contributed by atoms with van der Waals surface area (Å²) in [5.74, 6) is 0. The first-order valence-electron chi connectivity index (χ1n) is 6.51. The molecule has 1 N–H and O–H groups in total. The van der Waals surface area contributed by atoms with E-state index in [1.54, 1.807) is 17.5 Å². The normalized spacial score (nSPS) is 10.8. The van der Waals surface area contributed by atoms with Gasteiger partial charge >= 0.3 is 0 Å². The minimum Gasteiger partial charge on any atom is -0.311 e. The van der Waals surface area contributed by atoms with Crippen molar-refractivity contribution in [2.45, 2.75) is 13.0 Å². The molecular formula is C15H15N3S2. The first-order chi connectivity index (χ1) is 9.92. The molecule has 5 heteroatoms. The maximum absolute atomic E-state index is 4.61. The van der Waals surface area contributed by atoms with Gasteiger partial charge in [0, 0.05) is 29.5 Å². The number of pyridine rings is 1. The molecule has 0 unspecified atom stereocenters. The van der Waals surface area contributed by atoms with Gasteiger partial charge in [-0.1, -0.05) is 12.1 Å². The topological polar surface area (TPSA) is 37.8 Å². The van der Waals surface area contributed by atoms with Crippen LogP contribution in [-0.2, 0) is 13.0 Å². The van der Waals surface area contributed by atoms with Crippen LogP contribution in [0.2, 0.25) is 0 Å². The number of aromatic nitrogens is 2. The van der Waals surface area contributed by atoms with Gasteiger partial charge in [-0.2, -0.15) is 0 Å². The molecule has 0 aromatic carbocycles. The lowest BCUT2D eigenvalue weighted by atomic mass is 10.3. The van der Waals surface area contributed by atoms with Gasteiger partial charge in [-0.05, 0) is 30.0 Å². The molecule has 0 saturated heterocycles. The van der Waals surface area contributed by atoms with Gasteiger partial charge in [0.25, 0.3) is 0 Å². The van der Waals surface area contributed by atoms with Gasteiger partial charge in [-0.15, -0.1) is 22.7 Å². The third-order valence-electron chi connectivity index (χ3n) is 2.87. The Morgan fingerprint density at radius 1 is 1.10 bits per heavy atom. The molecule has 0 atom stereocenters. The molecule has 0 aliphatic heterocycles. The van der Waals surface area contributed by atoms with Crippen LogP contribution in [0.5, 0.6) is 0 Å². The number of hydrogen-bond acceptors (Lipinski definition) is 5. The molecule has 0 aliphatic rings. The lowest BCUT2D eigenvalue weighted by Crippen LogP contribution is -2.16. The zero-order chi connectivity index (χ0) is 13.6. The van der Waals surface area contributed by atoms with Gasteiger partial charge in [0.1, 0.15) is 5.01 Å². The van der Waals surface area contributed by atoms with Crippen molar-refractivity contribution in [2.24, 2.45) is 0 Å². The van der Waals surface area contributed by atoms with Gasteiger partial charge in [0.2, 0.25) is 0 Å². The molecule has 20 heavy (non-hydrogen) atoms. The Bertz CT molecular complexity index is 632. The molecule has 0 fully saturated rings. The second-order valence-corrected chi connectivity index (χ2v) is 6.26. The van der Waals surface area contributed by atoms with Crippen LogP contribution < -0.4 is 5.32 Å². The molecule has 0 amide bonds. The Morgan fingerprint density at radius 3 is 2.90 bits per heavy atom. The van der Waals surface area contributed by atoms with Crippen LogP contribution in [-0.4, -0.2) is 16.5 Å². The fourth-order valence-electron chi connectivity index (χ4n) is 1.88. The third kappa shape index (κ3) is 3.50. The van der Waals surface area contributed by atoms with E-state index in [-0.39, 0.29) is 0 Å². The Kier molecular flexibility index (Phi) is 4.53. The smallest absolute Gasteiger partial charge is 0.142 e. The van der Waals surface area contributed by atoms with E-state index in [1.165, 1.54) is 4.88 Å². The highest BCUT2D eigenvalue weighted by atomic mass is 32.1. The van der Waals surface area contributed by atoms with Crippen LogP contribution in [0.15, 0.2) is 47.3 Å². The van der Waals surface area contributed by atoms with Gasteiger partial charge < -0.3 is 5.32 Å². The van der Waals surface area contributed by atoms with Crippen LogP contribution in [0.1, 0.15) is 10.6 Å². The highest BCUT2D eigenvalue weighted by molar-refractivity contribution is 7.13. The number of thiophene rings is 1. The van der Waals surface area contributed by atoms with E-state index in [9.17, 15) is 0 Å². The van der Waals surface area contributed by atoms with Gasteiger partial charge in [-0.25, -0.2) is 4.98 Å². The quantitative estimate of drug-likeness (QED) is 0.707. The zero-order valence-corrected chi connectivity index (χ0v) is 12.6. The fourth-order valence-corrected chi connectivity index (χ4v) is 3.38. The number of rotatable bonds is 6. The number of nitrogens with one attached hydrogen (secondary N) is 1. The SMILES string of the molecule is c1ccc(-c2nc(CNCCc3cccs3)cs2)nc1. The maximum atomic E-state index is 4.61. The average Bonchev–Trinajstić information content (AvgIpc) is 3.16. The molecule has 0 saturated carbocycles. The summed E-state index contributed by atoms with van der Waals surface area (Å²) in [7, 11) is 0. The maximum Gasteiger partial charge on any atom is 0.142 e. The summed E-state index contributed by atoms with van der Waals surface area (Å²) in [6.07, 6.45) is 2.88. The van der Waals surface area contributed by atoms with Crippen molar-refractivity contribution in [3.8, 4) is 10.7 Å². The van der Waals surface area contributed by atoms with Crippen LogP contribution in [0.25, 0.3) is 10.7 Å². The van der Waals surface area contributed by atoms with Gasteiger partial charge in [0.05, 0.1) is 11.4 Å². The molecule has 3 aromatic heterocycles. The summed E-state index contributed by atoms with van der Waals surface area (Å²) in [6, 6.07) is 10.2. The monoisotopic (exact) mass is 301 g/mol. The predicted molar refractivity (Wildman–Crippen MR) is 85.1 cm³/mol. The predicted octanol–water partition coefficient (Wildman–Crippen LogP) is 3.60. The molecule has 0 spiro atoms. The molecule has 3 nitrogen and oxygen atoms in total. The standard InChI is InChI=1S/C15H15N3S2/c1-2-7-17-14(5-1)15-18-12(11-20-15)10-16-8-6-13-4-3-9-19-13/h1-5,7,9,11,16H,6,8,10H2. The number of nitrogens with zero attached hydrogens (tertiary/aromatic N) is 2. The molecule has 0 radical (unpaired) electrons. The van der Waals surface area contributed by atoms with Gasteiger partial charge in [-0.3, -0.25) is 4.98 Å². The molecule has 3 rings (SSSR count). The minimum absolute atomic E-state index is 0.814. The Hall–Kier alpha value is -1.56. The molecule has 0 bridgehead atoms. The second kappa shape index (κ2) is 6.74. The van der Waals surface area contributed by atoms with Crippen molar-refractivity contribution < 1.29 is 0 Å². The zero-order valence-electron chi connectivity index (χ0n) is 11.0. The van der Waals surface area contributed by atoms with Crippen molar-refractivity contribution in [1.29, 1.82) is 0 Å². The van der Waals surface area contributed by atoms with Crippen molar-refractivity contribution in [3.63, 3.8) is 0 Å². The van der Waals surface area contributed by atoms with Crippen molar-refractivity contribution >= 4 is 22.7 Å². The van der Waals surface area contributed by atoms with Crippen LogP contribution >= 0.6 is 22.7 Å². The summed E-state index contributed by atoms with van der Waals surface area (Å²) in [5, 5.41) is 8.64.